The van der Waals surface area contributed by atoms with Crippen LogP contribution in [0, 0.1) is 0 Å². The largest absolute Gasteiger partial charge is 0.489 e. The summed E-state index contributed by atoms with van der Waals surface area (Å²) in [5.41, 5.74) is 1.17. The molecule has 0 fully saturated rings. The second kappa shape index (κ2) is 3.64. The maximum absolute atomic E-state index is 5.34. The van der Waals surface area contributed by atoms with Crippen molar-refractivity contribution >= 4 is 24.0 Å². The fraction of sp³-hybridized carbons (Fsp3) is 0.111. The van der Waals surface area contributed by atoms with Gasteiger partial charge in [0.15, 0.2) is 0 Å². The zero-order valence-corrected chi connectivity index (χ0v) is 7.90. The van der Waals surface area contributed by atoms with Crippen molar-refractivity contribution in [3.63, 3.8) is 0 Å². The van der Waals surface area contributed by atoms with E-state index in [0.29, 0.717) is 6.61 Å². The number of fused-ring (bicyclic) bond motifs is 1. The molecule has 1 aromatic rings. The summed E-state index contributed by atoms with van der Waals surface area (Å²) in [5.74, 6) is 0.991. The van der Waals surface area contributed by atoms with Gasteiger partial charge in [0.1, 0.15) is 12.4 Å². The summed E-state index contributed by atoms with van der Waals surface area (Å²) in [7, 11) is 0. The van der Waals surface area contributed by atoms with E-state index in [0.717, 1.165) is 5.75 Å². The van der Waals surface area contributed by atoms with Crippen LogP contribution < -0.4 is 4.74 Å². The van der Waals surface area contributed by atoms with Crippen molar-refractivity contribution in [3.8, 4) is 5.75 Å². The molecule has 1 aromatic carbocycles. The van der Waals surface area contributed by atoms with Crippen molar-refractivity contribution in [3.05, 3.63) is 35.9 Å². The SMILES string of the molecule is C1=Cc2ccccc2OC1.[As]. The Balaban J connectivity index is 0.000000605. The van der Waals surface area contributed by atoms with Gasteiger partial charge >= 0.3 is 0 Å². The molecule has 3 radical (unpaired) electrons. The molecule has 2 rings (SSSR count). The van der Waals surface area contributed by atoms with Crippen molar-refractivity contribution < 1.29 is 4.74 Å². The molecule has 0 amide bonds. The topological polar surface area (TPSA) is 9.23 Å². The minimum absolute atomic E-state index is 0. The molecule has 0 saturated heterocycles. The number of para-hydroxylation sites is 1. The first-order chi connectivity index (χ1) is 4.97. The van der Waals surface area contributed by atoms with Crippen LogP contribution in [-0.2, 0) is 0 Å². The quantitative estimate of drug-likeness (QED) is 0.588. The van der Waals surface area contributed by atoms with E-state index in [1.165, 1.54) is 5.56 Å². The molecule has 1 nitrogen and oxygen atoms in total. The first kappa shape index (κ1) is 8.42. The summed E-state index contributed by atoms with van der Waals surface area (Å²) in [6.07, 6.45) is 4.10. The van der Waals surface area contributed by atoms with Crippen molar-refractivity contribution in [2.24, 2.45) is 0 Å². The molecule has 55 valence electrons. The van der Waals surface area contributed by atoms with Gasteiger partial charge in [0.05, 0.1) is 0 Å². The average Bonchev–Trinajstić information content (AvgIpc) is 2.05. The Morgan fingerprint density at radius 2 is 2.00 bits per heavy atom. The fourth-order valence-electron chi connectivity index (χ4n) is 1.06. The van der Waals surface area contributed by atoms with Gasteiger partial charge in [-0.25, -0.2) is 0 Å². The van der Waals surface area contributed by atoms with Gasteiger partial charge in [-0.05, 0) is 12.1 Å². The maximum Gasteiger partial charge on any atom is 0.126 e. The van der Waals surface area contributed by atoms with E-state index < -0.39 is 0 Å². The third-order valence-electron chi connectivity index (χ3n) is 1.55. The van der Waals surface area contributed by atoms with Crippen LogP contribution in [0.15, 0.2) is 30.3 Å². The molecule has 0 unspecified atom stereocenters. The number of rotatable bonds is 0. The van der Waals surface area contributed by atoms with Crippen LogP contribution in [0.3, 0.4) is 0 Å². The summed E-state index contributed by atoms with van der Waals surface area (Å²) in [4.78, 5) is 0. The number of hydrogen-bond donors (Lipinski definition) is 0. The Bertz CT molecular complexity index is 268. The molecule has 0 N–H and O–H groups in total. The van der Waals surface area contributed by atoms with Crippen molar-refractivity contribution in [2.75, 3.05) is 6.61 Å². The molecule has 1 heterocycles. The monoisotopic (exact) mass is 207 g/mol. The Morgan fingerprint density at radius 1 is 1.18 bits per heavy atom. The Labute approximate surface area is 77.4 Å². The summed E-state index contributed by atoms with van der Waals surface area (Å²) in [6, 6.07) is 8.03. The predicted molar refractivity (Wildman–Crippen MR) is 46.7 cm³/mol. The zero-order valence-electron chi connectivity index (χ0n) is 6.03. The number of benzene rings is 1. The molecule has 0 spiro atoms. The van der Waals surface area contributed by atoms with Gasteiger partial charge in [-0.15, -0.1) is 0 Å². The molecule has 1 aliphatic heterocycles. The second-order valence-electron chi connectivity index (χ2n) is 2.25. The van der Waals surface area contributed by atoms with Crippen molar-refractivity contribution in [1.29, 1.82) is 0 Å². The summed E-state index contributed by atoms with van der Waals surface area (Å²) in [5, 5.41) is 0. The first-order valence-corrected chi connectivity index (χ1v) is 3.35. The Hall–Kier alpha value is -0.682. The molecular weight excluding hydrogens is 199 g/mol. The minimum Gasteiger partial charge on any atom is -0.489 e. The van der Waals surface area contributed by atoms with E-state index in [1.807, 2.05) is 30.3 Å². The van der Waals surface area contributed by atoms with Gasteiger partial charge in [-0.1, -0.05) is 24.3 Å². The van der Waals surface area contributed by atoms with E-state index in [-0.39, 0.29) is 18.0 Å². The molecular formula is C9H8AsO. The molecule has 0 atom stereocenters. The minimum atomic E-state index is 0. The zero-order chi connectivity index (χ0) is 6.81. The number of hydrogen-bond acceptors (Lipinski definition) is 1. The average molecular weight is 207 g/mol. The number of ether oxygens (including phenoxy) is 1. The van der Waals surface area contributed by atoms with Crippen LogP contribution in [0.2, 0.25) is 0 Å². The third kappa shape index (κ3) is 1.66. The predicted octanol–water partition coefficient (Wildman–Crippen LogP) is 1.71. The van der Waals surface area contributed by atoms with E-state index in [4.69, 9.17) is 4.74 Å². The van der Waals surface area contributed by atoms with Crippen LogP contribution in [-0.4, -0.2) is 24.6 Å². The molecule has 11 heavy (non-hydrogen) atoms. The Morgan fingerprint density at radius 3 is 2.82 bits per heavy atom. The van der Waals surface area contributed by atoms with Crippen LogP contribution in [0.1, 0.15) is 5.56 Å². The Kier molecular flexibility index (Phi) is 2.78. The smallest absolute Gasteiger partial charge is 0.126 e. The normalized spacial score (nSPS) is 12.7. The van der Waals surface area contributed by atoms with E-state index in [1.54, 1.807) is 0 Å². The summed E-state index contributed by atoms with van der Waals surface area (Å²) in [6.45, 7) is 0.705. The van der Waals surface area contributed by atoms with Gasteiger partial charge < -0.3 is 4.74 Å². The van der Waals surface area contributed by atoms with Crippen molar-refractivity contribution in [2.45, 2.75) is 0 Å². The van der Waals surface area contributed by atoms with E-state index in [2.05, 4.69) is 6.08 Å². The van der Waals surface area contributed by atoms with Gasteiger partial charge in [0.2, 0.25) is 0 Å². The van der Waals surface area contributed by atoms with Gasteiger partial charge in [-0.3, -0.25) is 0 Å². The second-order valence-corrected chi connectivity index (χ2v) is 2.25. The van der Waals surface area contributed by atoms with Crippen LogP contribution in [0.4, 0.5) is 0 Å². The standard InChI is InChI=1S/C9H8O.As/c1-2-6-9-8(4-1)5-3-7-10-9;/h1-6H,7H2;. The van der Waals surface area contributed by atoms with E-state index in [9.17, 15) is 0 Å². The van der Waals surface area contributed by atoms with E-state index >= 15 is 0 Å². The van der Waals surface area contributed by atoms with Crippen LogP contribution in [0.5, 0.6) is 5.75 Å². The maximum atomic E-state index is 5.34. The third-order valence-corrected chi connectivity index (χ3v) is 1.55. The molecule has 0 bridgehead atoms. The molecule has 0 saturated carbocycles. The van der Waals surface area contributed by atoms with Gasteiger partial charge in [-0.2, -0.15) is 0 Å². The molecule has 2 heteroatoms. The summed E-state index contributed by atoms with van der Waals surface area (Å²) >= 11 is 0. The molecule has 1 aliphatic rings. The fourth-order valence-corrected chi connectivity index (χ4v) is 1.06. The van der Waals surface area contributed by atoms with Crippen molar-refractivity contribution in [1.82, 2.24) is 0 Å². The van der Waals surface area contributed by atoms with Crippen LogP contribution >= 0.6 is 0 Å². The van der Waals surface area contributed by atoms with Gasteiger partial charge in [0.25, 0.3) is 0 Å². The van der Waals surface area contributed by atoms with Crippen LogP contribution in [0.25, 0.3) is 6.08 Å². The van der Waals surface area contributed by atoms with Gasteiger partial charge in [0, 0.05) is 23.5 Å². The molecule has 0 aliphatic carbocycles. The summed E-state index contributed by atoms with van der Waals surface area (Å²) < 4.78 is 5.34. The first-order valence-electron chi connectivity index (χ1n) is 3.35. The molecule has 0 aromatic heterocycles.